The van der Waals surface area contributed by atoms with Gasteiger partial charge in [0.1, 0.15) is 18.2 Å². The minimum absolute atomic E-state index is 0.0547. The van der Waals surface area contributed by atoms with Gasteiger partial charge in [-0.1, -0.05) is 42.8 Å². The second-order valence-corrected chi connectivity index (χ2v) is 11.3. The number of rotatable bonds is 3. The highest BCUT2D eigenvalue weighted by molar-refractivity contribution is 5.94. The molecule has 41 heavy (non-hydrogen) atoms. The number of aryl methyl sites for hydroxylation is 1. The highest BCUT2D eigenvalue weighted by Gasteiger charge is 2.38. The van der Waals surface area contributed by atoms with E-state index in [-0.39, 0.29) is 22.7 Å². The lowest BCUT2D eigenvalue weighted by molar-refractivity contribution is -0.137. The number of hydrogen-bond acceptors (Lipinski definition) is 3. The third-order valence-corrected chi connectivity index (χ3v) is 8.52. The molecule has 2 aliphatic rings. The lowest BCUT2D eigenvalue weighted by Gasteiger charge is -2.45. The highest BCUT2D eigenvalue weighted by Crippen LogP contribution is 2.39. The van der Waals surface area contributed by atoms with Crippen molar-refractivity contribution >= 4 is 5.91 Å². The first kappa shape index (κ1) is 29.1. The molecule has 1 spiro atoms. The van der Waals surface area contributed by atoms with Crippen molar-refractivity contribution in [3.8, 4) is 5.75 Å². The quantitative estimate of drug-likeness (QED) is 0.309. The smallest absolute Gasteiger partial charge is 0.416 e. The molecule has 2 aliphatic heterocycles. The number of nitrogens with zero attached hydrogens (tertiary/aromatic N) is 2. The van der Waals surface area contributed by atoms with Gasteiger partial charge in [-0.05, 0) is 79.5 Å². The maximum absolute atomic E-state index is 14.6. The van der Waals surface area contributed by atoms with E-state index in [9.17, 15) is 22.4 Å². The summed E-state index contributed by atoms with van der Waals surface area (Å²) in [6, 6.07) is 19.4. The second kappa shape index (κ2) is 12.6. The van der Waals surface area contributed by atoms with Crippen molar-refractivity contribution < 1.29 is 27.1 Å². The van der Waals surface area contributed by atoms with Crippen LogP contribution in [0.3, 0.4) is 0 Å². The minimum Gasteiger partial charge on any atom is -0.492 e. The number of likely N-dealkylation sites (tertiary alicyclic amines) is 1. The number of carbonyl (C=O) groups excluding carboxylic acids is 1. The first-order valence-electron chi connectivity index (χ1n) is 14.4. The van der Waals surface area contributed by atoms with Crippen molar-refractivity contribution in [2.24, 2.45) is 5.41 Å². The fourth-order valence-electron chi connectivity index (χ4n) is 6.16. The van der Waals surface area contributed by atoms with Crippen LogP contribution in [-0.4, -0.2) is 48.5 Å². The molecule has 0 unspecified atom stereocenters. The Hall–Kier alpha value is -3.39. The van der Waals surface area contributed by atoms with Crippen LogP contribution in [0.2, 0.25) is 0 Å². The van der Waals surface area contributed by atoms with Crippen LogP contribution in [0.25, 0.3) is 0 Å². The van der Waals surface area contributed by atoms with Gasteiger partial charge in [-0.15, -0.1) is 0 Å². The second-order valence-electron chi connectivity index (χ2n) is 11.3. The van der Waals surface area contributed by atoms with Gasteiger partial charge >= 0.3 is 6.18 Å². The molecule has 0 aromatic heterocycles. The Morgan fingerprint density at radius 3 is 2.29 bits per heavy atom. The maximum atomic E-state index is 14.6. The molecule has 5 rings (SSSR count). The van der Waals surface area contributed by atoms with Gasteiger partial charge in [0.05, 0.1) is 5.56 Å². The number of para-hydroxylation sites is 1. The van der Waals surface area contributed by atoms with Gasteiger partial charge in [-0.3, -0.25) is 9.69 Å². The van der Waals surface area contributed by atoms with Gasteiger partial charge < -0.3 is 9.64 Å². The molecule has 0 saturated carbocycles. The van der Waals surface area contributed by atoms with Crippen molar-refractivity contribution in [3.05, 3.63) is 101 Å². The monoisotopic (exact) mass is 568 g/mol. The van der Waals surface area contributed by atoms with Gasteiger partial charge in [-0.25, -0.2) is 4.39 Å². The Morgan fingerprint density at radius 2 is 1.56 bits per heavy atom. The van der Waals surface area contributed by atoms with Crippen molar-refractivity contribution in [2.45, 2.75) is 51.2 Å². The van der Waals surface area contributed by atoms with E-state index in [0.717, 1.165) is 63.0 Å². The number of ether oxygens (including phenoxy) is 1. The van der Waals surface area contributed by atoms with Gasteiger partial charge in [0.15, 0.2) is 0 Å². The average molecular weight is 569 g/mol. The van der Waals surface area contributed by atoms with E-state index in [1.165, 1.54) is 23.8 Å². The number of halogens is 4. The summed E-state index contributed by atoms with van der Waals surface area (Å²) in [5.41, 5.74) is 1.29. The largest absolute Gasteiger partial charge is 0.492 e. The van der Waals surface area contributed by atoms with Crippen molar-refractivity contribution in [3.63, 3.8) is 0 Å². The van der Waals surface area contributed by atoms with Crippen LogP contribution < -0.4 is 4.74 Å². The first-order chi connectivity index (χ1) is 19.7. The number of benzene rings is 3. The Balaban J connectivity index is 1.32. The van der Waals surface area contributed by atoms with Crippen molar-refractivity contribution in [1.29, 1.82) is 0 Å². The molecule has 1 fully saturated rings. The standard InChI is InChI=1S/C33H36F4N2O2/c34-29-10-3-1-9-27(29)23-38-21-22-41-30-11-4-2-7-25(30)8-5-6-16-32(24-38)17-19-39(20-18-32)31(40)26-12-14-28(15-13-26)33(35,36)37/h1-4,7,9-15H,5-6,8,16-24H2. The Labute approximate surface area is 238 Å². The van der Waals surface area contributed by atoms with Crippen molar-refractivity contribution in [1.82, 2.24) is 9.80 Å². The third kappa shape index (κ3) is 7.28. The van der Waals surface area contributed by atoms with E-state index >= 15 is 0 Å². The number of carbonyl (C=O) groups is 1. The lowest BCUT2D eigenvalue weighted by atomic mass is 9.73. The molecule has 1 saturated heterocycles. The summed E-state index contributed by atoms with van der Waals surface area (Å²) >= 11 is 0. The first-order valence-corrected chi connectivity index (χ1v) is 14.4. The molecular weight excluding hydrogens is 532 g/mol. The SMILES string of the molecule is O=C(c1ccc(C(F)(F)F)cc1)N1CCC2(CCCCc3ccccc3OCCN(Cc3ccccc3F)C2)CC1. The summed E-state index contributed by atoms with van der Waals surface area (Å²) in [5.74, 6) is 0.439. The fraction of sp³-hybridized carbons (Fsp3) is 0.424. The molecule has 1 amide bonds. The molecular formula is C33H36F4N2O2. The lowest BCUT2D eigenvalue weighted by Crippen LogP contribution is -2.48. The molecule has 3 aromatic rings. The van der Waals surface area contributed by atoms with Crippen LogP contribution in [0.4, 0.5) is 17.6 Å². The van der Waals surface area contributed by atoms with Crippen LogP contribution in [0.15, 0.2) is 72.8 Å². The molecule has 3 aromatic carbocycles. The van der Waals surface area contributed by atoms with E-state index in [1.807, 2.05) is 30.3 Å². The van der Waals surface area contributed by atoms with Crippen LogP contribution in [0.1, 0.15) is 59.2 Å². The summed E-state index contributed by atoms with van der Waals surface area (Å²) in [7, 11) is 0. The fourth-order valence-corrected chi connectivity index (χ4v) is 6.16. The predicted molar refractivity (Wildman–Crippen MR) is 150 cm³/mol. The predicted octanol–water partition coefficient (Wildman–Crippen LogP) is 7.37. The summed E-state index contributed by atoms with van der Waals surface area (Å²) in [6.45, 7) is 3.42. The van der Waals surface area contributed by atoms with E-state index in [0.29, 0.717) is 38.3 Å². The van der Waals surface area contributed by atoms with Crippen LogP contribution in [0.5, 0.6) is 5.75 Å². The molecule has 4 nitrogen and oxygen atoms in total. The molecule has 218 valence electrons. The number of hydrogen-bond donors (Lipinski definition) is 0. The normalized spacial score (nSPS) is 18.6. The van der Waals surface area contributed by atoms with E-state index < -0.39 is 11.7 Å². The zero-order valence-corrected chi connectivity index (χ0v) is 23.1. The Morgan fingerprint density at radius 1 is 0.854 bits per heavy atom. The molecule has 0 atom stereocenters. The number of alkyl halides is 3. The summed E-state index contributed by atoms with van der Waals surface area (Å²) < 4.78 is 59.8. The van der Waals surface area contributed by atoms with Gasteiger partial charge in [-0.2, -0.15) is 13.2 Å². The zero-order valence-electron chi connectivity index (χ0n) is 23.1. The minimum atomic E-state index is -4.44. The van der Waals surface area contributed by atoms with E-state index in [4.69, 9.17) is 4.74 Å². The average Bonchev–Trinajstić information content (AvgIpc) is 2.96. The Bertz CT molecular complexity index is 1320. The molecule has 8 heteroatoms. The van der Waals surface area contributed by atoms with Crippen LogP contribution in [-0.2, 0) is 19.1 Å². The summed E-state index contributed by atoms with van der Waals surface area (Å²) in [4.78, 5) is 17.2. The number of piperidine rings is 1. The summed E-state index contributed by atoms with van der Waals surface area (Å²) in [5, 5.41) is 0. The molecule has 0 N–H and O–H groups in total. The molecule has 0 aliphatic carbocycles. The van der Waals surface area contributed by atoms with E-state index in [2.05, 4.69) is 11.0 Å². The number of fused-ring (bicyclic) bond motifs is 1. The van der Waals surface area contributed by atoms with Crippen LogP contribution >= 0.6 is 0 Å². The summed E-state index contributed by atoms with van der Waals surface area (Å²) in [6.07, 6.45) is 1.10. The molecule has 2 heterocycles. The molecule has 0 radical (unpaired) electrons. The van der Waals surface area contributed by atoms with Gasteiger partial charge in [0, 0.05) is 43.9 Å². The number of amides is 1. The zero-order chi connectivity index (χ0) is 28.9. The maximum Gasteiger partial charge on any atom is 0.416 e. The van der Waals surface area contributed by atoms with Gasteiger partial charge in [0.25, 0.3) is 5.91 Å². The molecule has 0 bridgehead atoms. The van der Waals surface area contributed by atoms with Crippen LogP contribution in [0, 0.1) is 11.2 Å². The topological polar surface area (TPSA) is 32.8 Å². The van der Waals surface area contributed by atoms with Crippen molar-refractivity contribution in [2.75, 3.05) is 32.8 Å². The third-order valence-electron chi connectivity index (χ3n) is 8.52. The van der Waals surface area contributed by atoms with Gasteiger partial charge in [0.2, 0.25) is 0 Å². The Kier molecular flexibility index (Phi) is 8.97. The van der Waals surface area contributed by atoms with E-state index in [1.54, 1.807) is 11.0 Å². The highest BCUT2D eigenvalue weighted by atomic mass is 19.4.